The summed E-state index contributed by atoms with van der Waals surface area (Å²) < 4.78 is 26.4. The Balaban J connectivity index is 2.68. The van der Waals surface area contributed by atoms with Gasteiger partial charge in [0.05, 0.1) is 0 Å². The van der Waals surface area contributed by atoms with Crippen LogP contribution in [-0.4, -0.2) is 32.6 Å². The van der Waals surface area contributed by atoms with Gasteiger partial charge in [0, 0.05) is 13.2 Å². The third kappa shape index (κ3) is 3.33. The van der Waals surface area contributed by atoms with Crippen LogP contribution in [-0.2, 0) is 10.0 Å². The van der Waals surface area contributed by atoms with E-state index in [1.165, 1.54) is 6.07 Å². The van der Waals surface area contributed by atoms with Crippen molar-refractivity contribution in [1.29, 1.82) is 0 Å². The minimum absolute atomic E-state index is 0.0408. The lowest BCUT2D eigenvalue weighted by Gasteiger charge is -2.00. The summed E-state index contributed by atoms with van der Waals surface area (Å²) >= 11 is 0. The lowest BCUT2D eigenvalue weighted by molar-refractivity contribution is 0.0918. The molecule has 1 rings (SSSR count). The molecule has 7 nitrogen and oxygen atoms in total. The van der Waals surface area contributed by atoms with Crippen molar-refractivity contribution >= 4 is 15.9 Å². The van der Waals surface area contributed by atoms with E-state index >= 15 is 0 Å². The molecular formula is C8H12N2O5S. The smallest absolute Gasteiger partial charge is 0.287 e. The highest BCUT2D eigenvalue weighted by Crippen LogP contribution is 2.11. The summed E-state index contributed by atoms with van der Waals surface area (Å²) in [6.45, 7) is 0.238. The van der Waals surface area contributed by atoms with Gasteiger partial charge in [0.1, 0.15) is 0 Å². The molecule has 90 valence electrons. The zero-order valence-electron chi connectivity index (χ0n) is 8.34. The van der Waals surface area contributed by atoms with Gasteiger partial charge >= 0.3 is 0 Å². The lowest BCUT2D eigenvalue weighted by atomic mass is 10.4. The minimum Gasteiger partial charge on any atom is -0.438 e. The van der Waals surface area contributed by atoms with Crippen LogP contribution in [0.3, 0.4) is 0 Å². The van der Waals surface area contributed by atoms with Gasteiger partial charge in [0.15, 0.2) is 5.76 Å². The Morgan fingerprint density at radius 1 is 1.50 bits per heavy atom. The molecule has 0 atom stereocenters. The summed E-state index contributed by atoms with van der Waals surface area (Å²) in [5.74, 6) is -0.690. The van der Waals surface area contributed by atoms with Crippen molar-refractivity contribution in [2.75, 3.05) is 13.2 Å². The van der Waals surface area contributed by atoms with E-state index in [4.69, 9.17) is 14.7 Å². The number of aliphatic hydroxyl groups excluding tert-OH is 1. The average Bonchev–Trinajstić information content (AvgIpc) is 2.66. The van der Waals surface area contributed by atoms with Crippen LogP contribution in [0.25, 0.3) is 0 Å². The molecule has 0 radical (unpaired) electrons. The molecule has 0 unspecified atom stereocenters. The Hall–Kier alpha value is -1.38. The van der Waals surface area contributed by atoms with Crippen LogP contribution in [0.5, 0.6) is 0 Å². The first kappa shape index (κ1) is 12.7. The highest BCUT2D eigenvalue weighted by atomic mass is 32.2. The molecule has 1 aromatic rings. The van der Waals surface area contributed by atoms with E-state index in [2.05, 4.69) is 5.32 Å². The standard InChI is InChI=1S/C8H12N2O5S/c9-16(13,14)7-3-2-6(15-7)8(12)10-4-1-5-11/h2-3,11H,1,4-5H2,(H,10,12)(H2,9,13,14). The molecule has 1 amide bonds. The Morgan fingerprint density at radius 2 is 2.19 bits per heavy atom. The second kappa shape index (κ2) is 5.10. The molecule has 0 aromatic carbocycles. The van der Waals surface area contributed by atoms with Crippen LogP contribution < -0.4 is 10.5 Å². The van der Waals surface area contributed by atoms with Gasteiger partial charge < -0.3 is 14.8 Å². The van der Waals surface area contributed by atoms with E-state index in [1.807, 2.05) is 0 Å². The number of nitrogens with two attached hydrogens (primary N) is 1. The third-order valence-electron chi connectivity index (χ3n) is 1.71. The molecule has 0 saturated heterocycles. The van der Waals surface area contributed by atoms with Gasteiger partial charge in [0.2, 0.25) is 5.09 Å². The highest BCUT2D eigenvalue weighted by molar-refractivity contribution is 7.89. The number of aliphatic hydroxyl groups is 1. The fourth-order valence-corrected chi connectivity index (χ4v) is 1.43. The van der Waals surface area contributed by atoms with Crippen molar-refractivity contribution in [3.8, 4) is 0 Å². The van der Waals surface area contributed by atoms with Crippen LogP contribution in [0.1, 0.15) is 17.0 Å². The van der Waals surface area contributed by atoms with Crippen LogP contribution in [0.2, 0.25) is 0 Å². The number of hydrogen-bond acceptors (Lipinski definition) is 5. The molecule has 0 saturated carbocycles. The molecule has 1 aromatic heterocycles. The normalized spacial score (nSPS) is 11.4. The van der Waals surface area contributed by atoms with E-state index in [-0.39, 0.29) is 18.9 Å². The van der Waals surface area contributed by atoms with Gasteiger partial charge in [-0.3, -0.25) is 4.79 Å². The van der Waals surface area contributed by atoms with Crippen molar-refractivity contribution in [2.24, 2.45) is 5.14 Å². The summed E-state index contributed by atoms with van der Waals surface area (Å²) in [6, 6.07) is 2.32. The first-order chi connectivity index (χ1) is 7.45. The predicted molar refractivity (Wildman–Crippen MR) is 54.1 cm³/mol. The predicted octanol–water partition coefficient (Wildman–Crippen LogP) is -0.961. The number of carbonyl (C=O) groups is 1. The molecule has 16 heavy (non-hydrogen) atoms. The Labute approximate surface area is 92.3 Å². The number of sulfonamides is 1. The van der Waals surface area contributed by atoms with Gasteiger partial charge in [-0.05, 0) is 18.6 Å². The molecule has 0 spiro atoms. The maximum atomic E-state index is 11.3. The lowest BCUT2D eigenvalue weighted by Crippen LogP contribution is -2.24. The molecule has 0 aliphatic carbocycles. The van der Waals surface area contributed by atoms with E-state index < -0.39 is 21.0 Å². The van der Waals surface area contributed by atoms with Crippen molar-refractivity contribution in [3.63, 3.8) is 0 Å². The Kier molecular flexibility index (Phi) is 4.05. The second-order valence-corrected chi connectivity index (χ2v) is 4.49. The number of carbonyl (C=O) groups excluding carboxylic acids is 1. The minimum atomic E-state index is -3.93. The molecule has 0 bridgehead atoms. The second-order valence-electron chi connectivity index (χ2n) is 3.00. The fraction of sp³-hybridized carbons (Fsp3) is 0.375. The fourth-order valence-electron chi connectivity index (χ4n) is 0.963. The van der Waals surface area contributed by atoms with E-state index in [9.17, 15) is 13.2 Å². The number of rotatable bonds is 5. The number of hydrogen-bond donors (Lipinski definition) is 3. The zero-order chi connectivity index (χ0) is 12.2. The maximum absolute atomic E-state index is 11.3. The first-order valence-corrected chi connectivity index (χ1v) is 6.01. The van der Waals surface area contributed by atoms with Crippen LogP contribution in [0.4, 0.5) is 0 Å². The van der Waals surface area contributed by atoms with E-state index in [1.54, 1.807) is 0 Å². The quantitative estimate of drug-likeness (QED) is 0.579. The molecule has 8 heteroatoms. The van der Waals surface area contributed by atoms with E-state index in [0.29, 0.717) is 6.42 Å². The largest absolute Gasteiger partial charge is 0.438 e. The molecular weight excluding hydrogens is 236 g/mol. The number of nitrogens with one attached hydrogen (secondary N) is 1. The number of amides is 1. The zero-order valence-corrected chi connectivity index (χ0v) is 9.16. The summed E-state index contributed by atoms with van der Waals surface area (Å²) in [4.78, 5) is 11.3. The summed E-state index contributed by atoms with van der Waals surface area (Å²) in [5.41, 5.74) is 0. The molecule has 0 fully saturated rings. The van der Waals surface area contributed by atoms with Crippen molar-refractivity contribution < 1.29 is 22.7 Å². The van der Waals surface area contributed by atoms with Gasteiger partial charge in [-0.1, -0.05) is 0 Å². The summed E-state index contributed by atoms with van der Waals surface area (Å²) in [7, 11) is -3.93. The molecule has 0 aliphatic heterocycles. The van der Waals surface area contributed by atoms with Gasteiger partial charge in [-0.25, -0.2) is 13.6 Å². The number of furan rings is 1. The Morgan fingerprint density at radius 3 is 2.69 bits per heavy atom. The van der Waals surface area contributed by atoms with Crippen LogP contribution >= 0.6 is 0 Å². The van der Waals surface area contributed by atoms with Crippen molar-refractivity contribution in [1.82, 2.24) is 5.32 Å². The van der Waals surface area contributed by atoms with Crippen molar-refractivity contribution in [2.45, 2.75) is 11.5 Å². The SMILES string of the molecule is NS(=O)(=O)c1ccc(C(=O)NCCCO)o1. The number of primary sulfonamides is 1. The molecule has 4 N–H and O–H groups in total. The van der Waals surface area contributed by atoms with Crippen LogP contribution in [0.15, 0.2) is 21.6 Å². The maximum Gasteiger partial charge on any atom is 0.287 e. The van der Waals surface area contributed by atoms with Crippen molar-refractivity contribution in [3.05, 3.63) is 17.9 Å². The van der Waals surface area contributed by atoms with Crippen LogP contribution in [0, 0.1) is 0 Å². The highest BCUT2D eigenvalue weighted by Gasteiger charge is 2.16. The summed E-state index contributed by atoms with van der Waals surface area (Å²) in [5, 5.41) is 15.3. The van der Waals surface area contributed by atoms with Gasteiger partial charge in [0.25, 0.3) is 15.9 Å². The topological polar surface area (TPSA) is 123 Å². The average molecular weight is 248 g/mol. The summed E-state index contributed by atoms with van der Waals surface area (Å²) in [6.07, 6.45) is 0.411. The Bertz CT molecular complexity index is 465. The third-order valence-corrected chi connectivity index (χ3v) is 2.49. The molecule has 0 aliphatic rings. The molecule has 1 heterocycles. The van der Waals surface area contributed by atoms with Gasteiger partial charge in [-0.2, -0.15) is 0 Å². The monoisotopic (exact) mass is 248 g/mol. The van der Waals surface area contributed by atoms with Gasteiger partial charge in [-0.15, -0.1) is 0 Å². The first-order valence-electron chi connectivity index (χ1n) is 4.47. The van der Waals surface area contributed by atoms with E-state index in [0.717, 1.165) is 6.07 Å².